The normalized spacial score (nSPS) is 15.1. The number of halogens is 1. The van der Waals surface area contributed by atoms with E-state index in [1.54, 1.807) is 0 Å². The molecule has 1 N–H and O–H groups in total. The van der Waals surface area contributed by atoms with Gasteiger partial charge in [-0.3, -0.25) is 5.43 Å². The number of para-hydroxylation sites is 3. The Morgan fingerprint density at radius 2 is 1.62 bits per heavy atom. The number of nitrogens with zero attached hydrogens (tertiary/aromatic N) is 4. The molecule has 0 saturated carbocycles. The molecule has 5 nitrogen and oxygen atoms in total. The molecular formula is C18H20ClN5. The number of likely N-dealkylation sites (N-methyl/N-ethyl adjacent to an activating group) is 1. The van der Waals surface area contributed by atoms with Crippen LogP contribution in [0.5, 0.6) is 0 Å². The van der Waals surface area contributed by atoms with Crippen molar-refractivity contribution in [2.24, 2.45) is 4.99 Å². The van der Waals surface area contributed by atoms with Crippen LogP contribution in [-0.4, -0.2) is 31.4 Å². The Morgan fingerprint density at radius 3 is 2.33 bits per heavy atom. The number of benzene rings is 2. The second-order valence-electron chi connectivity index (χ2n) is 5.93. The number of fused-ring (bicyclic) bond motifs is 3. The maximum Gasteiger partial charge on any atom is 0.170 e. The van der Waals surface area contributed by atoms with Crippen molar-refractivity contribution in [1.29, 1.82) is 0 Å². The fraction of sp³-hybridized carbons (Fsp3) is 0.167. The van der Waals surface area contributed by atoms with Crippen LogP contribution in [0, 0.1) is 0 Å². The number of anilines is 3. The van der Waals surface area contributed by atoms with Crippen LogP contribution in [0.3, 0.4) is 0 Å². The van der Waals surface area contributed by atoms with Gasteiger partial charge in [-0.1, -0.05) is 30.3 Å². The van der Waals surface area contributed by atoms with Crippen molar-refractivity contribution in [3.05, 3.63) is 66.6 Å². The van der Waals surface area contributed by atoms with Crippen LogP contribution in [-0.2, 0) is 0 Å². The Labute approximate surface area is 148 Å². The summed E-state index contributed by atoms with van der Waals surface area (Å²) in [6.07, 6.45) is 2.08. The van der Waals surface area contributed by atoms with E-state index in [4.69, 9.17) is 4.99 Å². The van der Waals surface area contributed by atoms with Gasteiger partial charge in [-0.25, -0.2) is 10.0 Å². The van der Waals surface area contributed by atoms with Crippen molar-refractivity contribution < 1.29 is 0 Å². The summed E-state index contributed by atoms with van der Waals surface area (Å²) >= 11 is 0. The lowest BCUT2D eigenvalue weighted by Crippen LogP contribution is -2.41. The molecule has 2 aromatic rings. The van der Waals surface area contributed by atoms with Crippen molar-refractivity contribution in [2.45, 2.75) is 0 Å². The third-order valence-electron chi connectivity index (χ3n) is 3.85. The van der Waals surface area contributed by atoms with Crippen LogP contribution in [0.15, 0.2) is 71.6 Å². The fourth-order valence-corrected chi connectivity index (χ4v) is 2.88. The van der Waals surface area contributed by atoms with E-state index in [0.29, 0.717) is 0 Å². The van der Waals surface area contributed by atoms with Gasteiger partial charge in [-0.15, -0.1) is 12.4 Å². The lowest BCUT2D eigenvalue weighted by atomic mass is 10.2. The van der Waals surface area contributed by atoms with Gasteiger partial charge in [0.2, 0.25) is 0 Å². The summed E-state index contributed by atoms with van der Waals surface area (Å²) in [5.41, 5.74) is 6.77. The number of hydrogen-bond acceptors (Lipinski definition) is 5. The highest BCUT2D eigenvalue weighted by Gasteiger charge is 2.29. The van der Waals surface area contributed by atoms with Crippen molar-refractivity contribution >= 4 is 35.3 Å². The Hall–Kier alpha value is -2.50. The smallest absolute Gasteiger partial charge is 0.170 e. The molecule has 0 saturated heterocycles. The van der Waals surface area contributed by atoms with E-state index < -0.39 is 0 Å². The van der Waals surface area contributed by atoms with Gasteiger partial charge in [-0.05, 0) is 38.4 Å². The summed E-state index contributed by atoms with van der Waals surface area (Å²) in [5, 5.41) is 2.05. The molecule has 0 bridgehead atoms. The first kappa shape index (κ1) is 16.4. The van der Waals surface area contributed by atoms with Gasteiger partial charge >= 0.3 is 0 Å². The van der Waals surface area contributed by atoms with Crippen LogP contribution in [0.25, 0.3) is 0 Å². The van der Waals surface area contributed by atoms with Gasteiger partial charge in [0.1, 0.15) is 5.84 Å². The van der Waals surface area contributed by atoms with Gasteiger partial charge < -0.3 is 9.80 Å². The highest BCUT2D eigenvalue weighted by molar-refractivity contribution is 5.94. The van der Waals surface area contributed by atoms with Gasteiger partial charge in [-0.2, -0.15) is 0 Å². The highest BCUT2D eigenvalue weighted by Crippen LogP contribution is 2.40. The minimum absolute atomic E-state index is 0. The maximum atomic E-state index is 4.73. The quantitative estimate of drug-likeness (QED) is 0.928. The number of hydrazine groups is 1. The molecule has 6 heteroatoms. The van der Waals surface area contributed by atoms with E-state index in [1.165, 1.54) is 0 Å². The molecule has 124 valence electrons. The average molecular weight is 342 g/mol. The molecule has 0 atom stereocenters. The second kappa shape index (κ2) is 6.55. The van der Waals surface area contributed by atoms with E-state index in [2.05, 4.69) is 70.0 Å². The van der Waals surface area contributed by atoms with E-state index >= 15 is 0 Å². The first-order valence-corrected chi connectivity index (χ1v) is 7.66. The first-order chi connectivity index (χ1) is 11.2. The second-order valence-corrected chi connectivity index (χ2v) is 5.93. The maximum absolute atomic E-state index is 4.73. The van der Waals surface area contributed by atoms with E-state index in [0.717, 1.165) is 35.3 Å². The van der Waals surface area contributed by atoms with Gasteiger partial charge in [0.25, 0.3) is 0 Å². The Bertz CT molecular complexity index is 785. The fourth-order valence-electron chi connectivity index (χ4n) is 2.88. The number of amidine groups is 1. The van der Waals surface area contributed by atoms with Crippen LogP contribution >= 0.6 is 12.4 Å². The molecule has 24 heavy (non-hydrogen) atoms. The van der Waals surface area contributed by atoms with Crippen molar-refractivity contribution in [2.75, 3.05) is 30.5 Å². The summed E-state index contributed by atoms with van der Waals surface area (Å²) in [5.74, 6) is 1.86. The number of hydrogen-bond donors (Lipinski definition) is 1. The van der Waals surface area contributed by atoms with Crippen molar-refractivity contribution in [3.63, 3.8) is 0 Å². The minimum Gasteiger partial charge on any atom is -0.311 e. The third-order valence-corrected chi connectivity index (χ3v) is 3.85. The summed E-state index contributed by atoms with van der Waals surface area (Å²) in [4.78, 5) is 9.02. The minimum atomic E-state index is 0. The molecule has 2 aromatic carbocycles. The van der Waals surface area contributed by atoms with Crippen LogP contribution in [0.4, 0.5) is 17.1 Å². The summed E-state index contributed by atoms with van der Waals surface area (Å²) < 4.78 is 0. The first-order valence-electron chi connectivity index (χ1n) is 7.66. The molecule has 0 unspecified atom stereocenters. The molecule has 2 heterocycles. The zero-order valence-corrected chi connectivity index (χ0v) is 14.5. The zero-order chi connectivity index (χ0) is 15.8. The van der Waals surface area contributed by atoms with E-state index in [9.17, 15) is 0 Å². The molecule has 4 rings (SSSR count). The molecule has 2 aliphatic heterocycles. The summed E-state index contributed by atoms with van der Waals surface area (Å²) in [6.45, 7) is 0.779. The SMILES string of the molecule is CN(C)CC1=NC2=CN(c3ccccc3)c3ccccc3N2N1.Cl. The molecule has 0 fully saturated rings. The Balaban J connectivity index is 0.00000169. The summed E-state index contributed by atoms with van der Waals surface area (Å²) in [6, 6.07) is 18.7. The van der Waals surface area contributed by atoms with Gasteiger partial charge in [0, 0.05) is 5.69 Å². The number of nitrogens with one attached hydrogen (secondary N) is 1. The predicted octanol–water partition coefficient (Wildman–Crippen LogP) is 3.34. The number of aliphatic imine (C=N–C) groups is 1. The van der Waals surface area contributed by atoms with Crippen molar-refractivity contribution in [3.8, 4) is 0 Å². The molecule has 0 aliphatic carbocycles. The lowest BCUT2D eigenvalue weighted by Gasteiger charge is -2.33. The zero-order valence-electron chi connectivity index (χ0n) is 13.7. The highest BCUT2D eigenvalue weighted by atomic mass is 35.5. The standard InChI is InChI=1S/C18H19N5.ClH/c1-21(2)12-17-19-18-13-22(14-8-4-3-5-9-14)15-10-6-7-11-16(15)23(18)20-17;/h3-11,13H,12H2,1-2H3,(H,19,20);1H. The predicted molar refractivity (Wildman–Crippen MR) is 102 cm³/mol. The van der Waals surface area contributed by atoms with E-state index in [-0.39, 0.29) is 12.4 Å². The third kappa shape index (κ3) is 2.84. The van der Waals surface area contributed by atoms with Crippen LogP contribution in [0.1, 0.15) is 0 Å². The largest absolute Gasteiger partial charge is 0.311 e. The average Bonchev–Trinajstić information content (AvgIpc) is 2.96. The molecule has 0 aromatic heterocycles. The molecule has 0 amide bonds. The van der Waals surface area contributed by atoms with Gasteiger partial charge in [0.05, 0.1) is 24.1 Å². The topological polar surface area (TPSA) is 34.1 Å². The molecule has 2 aliphatic rings. The molecular weight excluding hydrogens is 322 g/mol. The molecule has 0 spiro atoms. The van der Waals surface area contributed by atoms with E-state index in [1.807, 2.05) is 25.2 Å². The van der Waals surface area contributed by atoms with Crippen LogP contribution < -0.4 is 15.3 Å². The lowest BCUT2D eigenvalue weighted by molar-refractivity contribution is 0.466. The monoisotopic (exact) mass is 341 g/mol. The Morgan fingerprint density at radius 1 is 0.958 bits per heavy atom. The Kier molecular flexibility index (Phi) is 4.46. The van der Waals surface area contributed by atoms with Crippen LogP contribution in [0.2, 0.25) is 0 Å². The number of rotatable bonds is 3. The van der Waals surface area contributed by atoms with Gasteiger partial charge in [0.15, 0.2) is 5.82 Å². The van der Waals surface area contributed by atoms with Crippen molar-refractivity contribution in [1.82, 2.24) is 10.3 Å². The molecule has 0 radical (unpaired) electrons. The summed E-state index contributed by atoms with van der Waals surface area (Å²) in [7, 11) is 4.08.